The summed E-state index contributed by atoms with van der Waals surface area (Å²) in [4.78, 5) is 4.94. The van der Waals surface area contributed by atoms with Crippen molar-refractivity contribution in [3.05, 3.63) is 228 Å². The van der Waals surface area contributed by atoms with Gasteiger partial charge in [0.1, 0.15) is 0 Å². The van der Waals surface area contributed by atoms with Gasteiger partial charge in [-0.25, -0.2) is 0 Å². The van der Waals surface area contributed by atoms with E-state index in [2.05, 4.69) is 227 Å². The predicted octanol–water partition coefficient (Wildman–Crippen LogP) is 15.2. The Morgan fingerprint density at radius 2 is 0.742 bits per heavy atom. The molecule has 0 bridgehead atoms. The molecule has 0 saturated carbocycles. The van der Waals surface area contributed by atoms with Crippen molar-refractivity contribution in [2.24, 2.45) is 0 Å². The predicted molar refractivity (Wildman–Crippen MR) is 260 cm³/mol. The Bertz CT molecular complexity index is 3370. The lowest BCUT2D eigenvalue weighted by Gasteiger charge is -2.31. The number of rotatable bonds is 6. The van der Waals surface area contributed by atoms with E-state index in [9.17, 15) is 0 Å². The number of fused-ring (bicyclic) bond motifs is 10. The van der Waals surface area contributed by atoms with Crippen LogP contribution in [0.25, 0.3) is 55.0 Å². The quantitative estimate of drug-likeness (QED) is 0.167. The summed E-state index contributed by atoms with van der Waals surface area (Å²) in [5.41, 5.74) is 22.6. The Balaban J connectivity index is 1.12. The maximum absolute atomic E-state index is 2.57. The second-order valence-corrected chi connectivity index (χ2v) is 17.0. The number of hydrogen-bond acceptors (Lipinski definition) is 2. The Kier molecular flexibility index (Phi) is 7.53. The molecule has 0 atom stereocenters. The minimum Gasteiger partial charge on any atom is -0.310 e. The monoisotopic (exact) mass is 794 g/mol. The van der Waals surface area contributed by atoms with E-state index in [1.165, 1.54) is 111 Å². The van der Waals surface area contributed by atoms with Crippen LogP contribution in [-0.4, -0.2) is 9.13 Å². The molecule has 0 N–H and O–H groups in total. The van der Waals surface area contributed by atoms with Crippen LogP contribution in [0.1, 0.15) is 33.4 Å². The molecule has 9 aromatic carbocycles. The van der Waals surface area contributed by atoms with Crippen molar-refractivity contribution in [2.75, 3.05) is 9.80 Å². The average molecular weight is 795 g/mol. The molecule has 294 valence electrons. The first kappa shape index (κ1) is 35.0. The maximum atomic E-state index is 2.57. The summed E-state index contributed by atoms with van der Waals surface area (Å²) in [7, 11) is 0. The van der Waals surface area contributed by atoms with Crippen molar-refractivity contribution in [3.63, 3.8) is 0 Å². The van der Waals surface area contributed by atoms with Gasteiger partial charge in [-0.3, -0.25) is 0 Å². The van der Waals surface area contributed by atoms with Crippen LogP contribution in [0.3, 0.4) is 0 Å². The van der Waals surface area contributed by atoms with Crippen LogP contribution in [0.2, 0.25) is 0 Å². The summed E-state index contributed by atoms with van der Waals surface area (Å²) in [6.45, 7) is 4.44. The van der Waals surface area contributed by atoms with Gasteiger partial charge in [-0.2, -0.15) is 0 Å². The summed E-state index contributed by atoms with van der Waals surface area (Å²) >= 11 is 0. The second kappa shape index (κ2) is 13.3. The van der Waals surface area contributed by atoms with Crippen molar-refractivity contribution in [1.82, 2.24) is 9.13 Å². The summed E-state index contributed by atoms with van der Waals surface area (Å²) in [6, 6.07) is 71.8. The number of nitrogens with zero attached hydrogens (tertiary/aromatic N) is 4. The molecule has 0 fully saturated rings. The summed E-state index contributed by atoms with van der Waals surface area (Å²) < 4.78 is 5.15. The van der Waals surface area contributed by atoms with E-state index in [0.29, 0.717) is 0 Å². The molecule has 4 heteroatoms. The molecule has 62 heavy (non-hydrogen) atoms. The highest BCUT2D eigenvalue weighted by Gasteiger charge is 2.31. The molecule has 0 radical (unpaired) electrons. The smallest absolute Gasteiger partial charge is 0.0597 e. The molecule has 0 saturated heterocycles. The summed E-state index contributed by atoms with van der Waals surface area (Å²) in [5.74, 6) is 0. The number of hydrogen-bond donors (Lipinski definition) is 0. The SMILES string of the molecule is Cc1ccccc1N(c1ccccc1)c1ccc2c3cc4c(cc3n3c2c1Cc1ccccc1-3)c1ccc(N(c2ccccc2)c2ccccc2C)c2c1n4-c1ccccc1C2. The van der Waals surface area contributed by atoms with E-state index in [1.54, 1.807) is 0 Å². The standard InChI is InChI=1S/C58H42N4/c1-37-17-9-13-25-49(37)59(41-21-5-3-6-22-41)53-31-29-43-45-35-56-46(36-55(45)61-51-27-15-11-19-39(51)33-47(53)57(43)61)44-30-32-54(48-34-40-20-12-16-28-52(40)62(56)58(44)48)60(42-23-7-4-8-24-42)50-26-14-10-18-38(50)2/h3-32,35-36H,33-34H2,1-2H3. The lowest BCUT2D eigenvalue weighted by molar-refractivity contribution is 1.03. The van der Waals surface area contributed by atoms with Gasteiger partial charge in [0.25, 0.3) is 0 Å². The number of para-hydroxylation sites is 6. The number of anilines is 6. The number of aromatic nitrogens is 2. The molecular weight excluding hydrogens is 753 g/mol. The van der Waals surface area contributed by atoms with Gasteiger partial charge in [0.05, 0.1) is 33.4 Å². The average Bonchev–Trinajstić information content (AvgIpc) is 3.82. The Labute approximate surface area is 360 Å². The highest BCUT2D eigenvalue weighted by molar-refractivity contribution is 6.21. The van der Waals surface area contributed by atoms with Gasteiger partial charge in [-0.15, -0.1) is 0 Å². The zero-order valence-corrected chi connectivity index (χ0v) is 34.7. The van der Waals surface area contributed by atoms with Gasteiger partial charge in [-0.05, 0) is 109 Å². The second-order valence-electron chi connectivity index (χ2n) is 17.0. The van der Waals surface area contributed by atoms with Crippen molar-refractivity contribution >= 4 is 77.7 Å². The van der Waals surface area contributed by atoms with Crippen LogP contribution >= 0.6 is 0 Å². The summed E-state index contributed by atoms with van der Waals surface area (Å²) in [5, 5.41) is 5.11. The molecule has 13 rings (SSSR count). The maximum Gasteiger partial charge on any atom is 0.0597 e. The van der Waals surface area contributed by atoms with Crippen molar-refractivity contribution in [2.45, 2.75) is 26.7 Å². The minimum atomic E-state index is 0.849. The van der Waals surface area contributed by atoms with E-state index in [-0.39, 0.29) is 0 Å². The molecule has 2 aromatic heterocycles. The normalized spacial score (nSPS) is 12.5. The third kappa shape index (κ3) is 4.95. The fourth-order valence-electron chi connectivity index (χ4n) is 10.8. The van der Waals surface area contributed by atoms with E-state index in [4.69, 9.17) is 0 Å². The Morgan fingerprint density at radius 1 is 0.355 bits per heavy atom. The first-order valence-electron chi connectivity index (χ1n) is 21.7. The highest BCUT2D eigenvalue weighted by atomic mass is 15.2. The van der Waals surface area contributed by atoms with Crippen LogP contribution in [0, 0.1) is 13.8 Å². The number of benzene rings is 9. The van der Waals surface area contributed by atoms with Gasteiger partial charge in [0, 0.05) is 79.6 Å². The van der Waals surface area contributed by atoms with Crippen LogP contribution < -0.4 is 9.80 Å². The lowest BCUT2D eigenvalue weighted by Crippen LogP contribution is -2.16. The Hall–Kier alpha value is -7.82. The van der Waals surface area contributed by atoms with Crippen molar-refractivity contribution < 1.29 is 0 Å². The largest absolute Gasteiger partial charge is 0.310 e. The number of aryl methyl sites for hydroxylation is 2. The molecule has 0 amide bonds. The molecule has 0 unspecified atom stereocenters. The Morgan fingerprint density at radius 3 is 1.18 bits per heavy atom. The molecule has 0 aliphatic carbocycles. The van der Waals surface area contributed by atoms with Crippen LogP contribution in [0.15, 0.2) is 194 Å². The molecular formula is C58H42N4. The van der Waals surface area contributed by atoms with E-state index >= 15 is 0 Å². The molecule has 4 heterocycles. The van der Waals surface area contributed by atoms with Gasteiger partial charge in [0.2, 0.25) is 0 Å². The molecule has 0 spiro atoms. The van der Waals surface area contributed by atoms with Gasteiger partial charge in [0.15, 0.2) is 0 Å². The first-order valence-corrected chi connectivity index (χ1v) is 21.7. The van der Waals surface area contributed by atoms with E-state index in [1.807, 2.05) is 0 Å². The molecule has 11 aromatic rings. The highest BCUT2D eigenvalue weighted by Crippen LogP contribution is 2.51. The van der Waals surface area contributed by atoms with Crippen LogP contribution in [-0.2, 0) is 12.8 Å². The first-order chi connectivity index (χ1) is 30.6. The molecule has 2 aliphatic rings. The van der Waals surface area contributed by atoms with Gasteiger partial charge >= 0.3 is 0 Å². The van der Waals surface area contributed by atoms with Crippen molar-refractivity contribution in [1.29, 1.82) is 0 Å². The minimum absolute atomic E-state index is 0.849. The molecule has 2 aliphatic heterocycles. The lowest BCUT2D eigenvalue weighted by atomic mass is 9.94. The van der Waals surface area contributed by atoms with Crippen LogP contribution in [0.5, 0.6) is 0 Å². The van der Waals surface area contributed by atoms with Crippen LogP contribution in [0.4, 0.5) is 34.1 Å². The van der Waals surface area contributed by atoms with E-state index < -0.39 is 0 Å². The molecule has 4 nitrogen and oxygen atoms in total. The zero-order chi connectivity index (χ0) is 41.1. The topological polar surface area (TPSA) is 16.3 Å². The third-order valence-corrected chi connectivity index (χ3v) is 13.6. The fraction of sp³-hybridized carbons (Fsp3) is 0.0690. The van der Waals surface area contributed by atoms with Crippen molar-refractivity contribution in [3.8, 4) is 11.4 Å². The third-order valence-electron chi connectivity index (χ3n) is 13.6. The zero-order valence-electron chi connectivity index (χ0n) is 34.7. The fourth-order valence-corrected chi connectivity index (χ4v) is 10.8. The van der Waals surface area contributed by atoms with Gasteiger partial charge in [-0.1, -0.05) is 121 Å². The van der Waals surface area contributed by atoms with Gasteiger partial charge < -0.3 is 18.9 Å². The summed E-state index contributed by atoms with van der Waals surface area (Å²) in [6.07, 6.45) is 1.70. The van der Waals surface area contributed by atoms with E-state index in [0.717, 1.165) is 24.2 Å².